The predicted octanol–water partition coefficient (Wildman–Crippen LogP) is 2.69. The smallest absolute Gasteiger partial charge is 0.268 e. The lowest BCUT2D eigenvalue weighted by Gasteiger charge is -2.14. The molecule has 2 aromatic heterocycles. The maximum atomic E-state index is 12.4. The number of carbonyl (C=O) groups excluding carboxylic acids is 1. The number of nitrogens with zero attached hydrogens (tertiary/aromatic N) is 2. The van der Waals surface area contributed by atoms with Crippen LogP contribution in [0.15, 0.2) is 30.6 Å². The van der Waals surface area contributed by atoms with Gasteiger partial charge in [0.15, 0.2) is 0 Å². The van der Waals surface area contributed by atoms with E-state index in [1.165, 1.54) is 0 Å². The molecule has 0 aliphatic rings. The van der Waals surface area contributed by atoms with Crippen molar-refractivity contribution in [2.45, 2.75) is 40.3 Å². The molecule has 0 spiro atoms. The molecule has 0 bridgehead atoms. The molecule has 4 heteroatoms. The van der Waals surface area contributed by atoms with Crippen LogP contribution in [0.2, 0.25) is 0 Å². The summed E-state index contributed by atoms with van der Waals surface area (Å²) in [5.74, 6) is -0.0190. The van der Waals surface area contributed by atoms with Crippen molar-refractivity contribution in [3.05, 3.63) is 53.1 Å². The largest absolute Gasteiger partial charge is 0.349 e. The first-order chi connectivity index (χ1) is 9.49. The predicted molar refractivity (Wildman–Crippen MR) is 79.8 cm³/mol. The van der Waals surface area contributed by atoms with Crippen molar-refractivity contribution in [1.29, 1.82) is 0 Å². The lowest BCUT2D eigenvalue weighted by atomic mass is 10.2. The molecule has 0 radical (unpaired) electrons. The van der Waals surface area contributed by atoms with Gasteiger partial charge >= 0.3 is 0 Å². The normalized spacial score (nSPS) is 10.8. The fraction of sp³-hybridized carbons (Fsp3) is 0.375. The van der Waals surface area contributed by atoms with Crippen LogP contribution in [0.4, 0.5) is 0 Å². The molecule has 0 aliphatic heterocycles. The van der Waals surface area contributed by atoms with E-state index in [0.717, 1.165) is 22.5 Å². The lowest BCUT2D eigenvalue weighted by Crippen LogP contribution is -2.32. The Morgan fingerprint density at radius 1 is 1.40 bits per heavy atom. The van der Waals surface area contributed by atoms with Crippen molar-refractivity contribution in [3.8, 4) is 0 Å². The molecule has 0 unspecified atom stereocenters. The first-order valence-corrected chi connectivity index (χ1v) is 6.85. The first-order valence-electron chi connectivity index (χ1n) is 6.85. The van der Waals surface area contributed by atoms with E-state index in [0.29, 0.717) is 6.54 Å². The number of carbonyl (C=O) groups is 1. The summed E-state index contributed by atoms with van der Waals surface area (Å²) >= 11 is 0. The fourth-order valence-electron chi connectivity index (χ4n) is 2.36. The van der Waals surface area contributed by atoms with E-state index in [9.17, 15) is 4.79 Å². The highest BCUT2D eigenvalue weighted by atomic mass is 16.2. The molecule has 2 rings (SSSR count). The van der Waals surface area contributed by atoms with Crippen LogP contribution in [0.1, 0.15) is 41.2 Å². The second-order valence-corrected chi connectivity index (χ2v) is 5.39. The van der Waals surface area contributed by atoms with E-state index in [1.54, 1.807) is 6.20 Å². The molecule has 0 aliphatic carbocycles. The summed E-state index contributed by atoms with van der Waals surface area (Å²) in [4.78, 5) is 16.5. The monoisotopic (exact) mass is 271 g/mol. The van der Waals surface area contributed by atoms with E-state index in [4.69, 9.17) is 0 Å². The number of aryl methyl sites for hydroxylation is 2. The summed E-state index contributed by atoms with van der Waals surface area (Å²) in [5, 5.41) is 2.96. The number of hydrogen-bond acceptors (Lipinski definition) is 2. The number of rotatable bonds is 4. The van der Waals surface area contributed by atoms with Gasteiger partial charge in [-0.25, -0.2) is 0 Å². The van der Waals surface area contributed by atoms with Gasteiger partial charge in [-0.2, -0.15) is 0 Å². The molecule has 1 amide bonds. The Kier molecular flexibility index (Phi) is 4.23. The highest BCUT2D eigenvalue weighted by molar-refractivity contribution is 5.94. The fourth-order valence-corrected chi connectivity index (χ4v) is 2.36. The SMILES string of the molecule is Cc1cc(C)n(Cc2cccnc2)c1C(=O)NC(C)C. The zero-order valence-corrected chi connectivity index (χ0v) is 12.5. The Bertz CT molecular complexity index is 600. The summed E-state index contributed by atoms with van der Waals surface area (Å²) in [6, 6.07) is 6.11. The van der Waals surface area contributed by atoms with Crippen molar-refractivity contribution in [3.63, 3.8) is 0 Å². The zero-order chi connectivity index (χ0) is 14.7. The van der Waals surface area contributed by atoms with Crippen molar-refractivity contribution >= 4 is 5.91 Å². The van der Waals surface area contributed by atoms with Gasteiger partial charge in [-0.3, -0.25) is 9.78 Å². The van der Waals surface area contributed by atoms with Crippen LogP contribution >= 0.6 is 0 Å². The minimum atomic E-state index is -0.0190. The van der Waals surface area contributed by atoms with Crippen LogP contribution in [-0.2, 0) is 6.54 Å². The molecule has 106 valence electrons. The number of pyridine rings is 1. The second-order valence-electron chi connectivity index (χ2n) is 5.39. The Balaban J connectivity index is 2.35. The average Bonchev–Trinajstić information content (AvgIpc) is 2.64. The van der Waals surface area contributed by atoms with Crippen molar-refractivity contribution in [2.24, 2.45) is 0 Å². The summed E-state index contributed by atoms with van der Waals surface area (Å²) in [6.45, 7) is 8.59. The third-order valence-electron chi connectivity index (χ3n) is 3.19. The lowest BCUT2D eigenvalue weighted by molar-refractivity contribution is 0.0933. The van der Waals surface area contributed by atoms with Gasteiger partial charge in [0.05, 0.1) is 0 Å². The molecule has 20 heavy (non-hydrogen) atoms. The van der Waals surface area contributed by atoms with Gasteiger partial charge in [0.1, 0.15) is 5.69 Å². The topological polar surface area (TPSA) is 46.9 Å². The van der Waals surface area contributed by atoms with Gasteiger partial charge < -0.3 is 9.88 Å². The Labute approximate surface area is 119 Å². The van der Waals surface area contributed by atoms with Crippen LogP contribution in [-0.4, -0.2) is 21.5 Å². The van der Waals surface area contributed by atoms with Gasteiger partial charge in [-0.05, 0) is 51.0 Å². The number of aromatic nitrogens is 2. The second kappa shape index (κ2) is 5.90. The Morgan fingerprint density at radius 2 is 2.15 bits per heavy atom. The minimum Gasteiger partial charge on any atom is -0.349 e. The molecule has 2 heterocycles. The van der Waals surface area contributed by atoms with Crippen molar-refractivity contribution in [1.82, 2.24) is 14.9 Å². The van der Waals surface area contributed by atoms with Gasteiger partial charge in [0.2, 0.25) is 0 Å². The van der Waals surface area contributed by atoms with E-state index in [2.05, 4.69) is 10.3 Å². The first kappa shape index (κ1) is 14.3. The maximum absolute atomic E-state index is 12.4. The molecule has 1 N–H and O–H groups in total. The molecule has 2 aromatic rings. The molecule has 0 saturated heterocycles. The number of amides is 1. The number of nitrogens with one attached hydrogen (secondary N) is 1. The Morgan fingerprint density at radius 3 is 2.75 bits per heavy atom. The van der Waals surface area contributed by atoms with Gasteiger partial charge in [0.25, 0.3) is 5.91 Å². The third kappa shape index (κ3) is 3.07. The zero-order valence-electron chi connectivity index (χ0n) is 12.5. The summed E-state index contributed by atoms with van der Waals surface area (Å²) in [7, 11) is 0. The molecule has 0 atom stereocenters. The van der Waals surface area contributed by atoms with Crippen LogP contribution in [0.25, 0.3) is 0 Å². The van der Waals surface area contributed by atoms with Crippen molar-refractivity contribution < 1.29 is 4.79 Å². The van der Waals surface area contributed by atoms with Crippen molar-refractivity contribution in [2.75, 3.05) is 0 Å². The summed E-state index contributed by atoms with van der Waals surface area (Å²) < 4.78 is 2.05. The standard InChI is InChI=1S/C16H21N3O/c1-11(2)18-16(20)15-12(3)8-13(4)19(15)10-14-6-5-7-17-9-14/h5-9,11H,10H2,1-4H3,(H,18,20). The molecular formula is C16H21N3O. The van der Waals surface area contributed by atoms with E-state index >= 15 is 0 Å². The summed E-state index contributed by atoms with van der Waals surface area (Å²) in [5.41, 5.74) is 3.91. The van der Waals surface area contributed by atoms with E-state index in [-0.39, 0.29) is 11.9 Å². The molecule has 4 nitrogen and oxygen atoms in total. The molecular weight excluding hydrogens is 250 g/mol. The molecule has 0 saturated carbocycles. The highest BCUT2D eigenvalue weighted by Gasteiger charge is 2.18. The average molecular weight is 271 g/mol. The Hall–Kier alpha value is -2.10. The molecule has 0 aromatic carbocycles. The third-order valence-corrected chi connectivity index (χ3v) is 3.19. The van der Waals surface area contributed by atoms with Gasteiger partial charge in [-0.1, -0.05) is 6.07 Å². The van der Waals surface area contributed by atoms with E-state index < -0.39 is 0 Å². The van der Waals surface area contributed by atoms with Crippen LogP contribution in [0.5, 0.6) is 0 Å². The van der Waals surface area contributed by atoms with Gasteiger partial charge in [0, 0.05) is 30.7 Å². The van der Waals surface area contributed by atoms with Gasteiger partial charge in [-0.15, -0.1) is 0 Å². The van der Waals surface area contributed by atoms with Crippen LogP contribution in [0, 0.1) is 13.8 Å². The minimum absolute atomic E-state index is 0.0190. The maximum Gasteiger partial charge on any atom is 0.268 e. The van der Waals surface area contributed by atoms with Crippen LogP contribution in [0.3, 0.4) is 0 Å². The van der Waals surface area contributed by atoms with Crippen LogP contribution < -0.4 is 5.32 Å². The molecule has 0 fully saturated rings. The quantitative estimate of drug-likeness (QED) is 0.929. The number of hydrogen-bond donors (Lipinski definition) is 1. The summed E-state index contributed by atoms with van der Waals surface area (Å²) in [6.07, 6.45) is 3.59. The highest BCUT2D eigenvalue weighted by Crippen LogP contribution is 2.17. The van der Waals surface area contributed by atoms with E-state index in [1.807, 2.05) is 56.7 Å².